The molecule has 2 amide bonds. The van der Waals surface area contributed by atoms with Gasteiger partial charge in [0, 0.05) is 16.1 Å². The summed E-state index contributed by atoms with van der Waals surface area (Å²) in [7, 11) is -2.57. The molecule has 0 aliphatic heterocycles. The molecule has 3 rings (SSSR count). The van der Waals surface area contributed by atoms with Crippen LogP contribution in [0.3, 0.4) is 0 Å². The molecule has 0 aliphatic rings. The molecular weight excluding hydrogens is 442 g/mol. The van der Waals surface area contributed by atoms with Crippen molar-refractivity contribution in [2.75, 3.05) is 11.8 Å². The third-order valence-corrected chi connectivity index (χ3v) is 5.73. The number of hydrazine groups is 1. The van der Waals surface area contributed by atoms with Gasteiger partial charge in [0.25, 0.3) is 21.8 Å². The second kappa shape index (κ2) is 9.50. The number of halogens is 1. The lowest BCUT2D eigenvalue weighted by Crippen LogP contribution is -2.41. The molecule has 0 aromatic heterocycles. The largest absolute Gasteiger partial charge is 0.495 e. The van der Waals surface area contributed by atoms with Crippen molar-refractivity contribution in [1.29, 1.82) is 0 Å². The Balaban J connectivity index is 1.73. The fraction of sp³-hybridized carbons (Fsp3) is 0.0476. The van der Waals surface area contributed by atoms with Crippen LogP contribution in [-0.4, -0.2) is 27.3 Å². The third-order valence-electron chi connectivity index (χ3n) is 4.13. The highest BCUT2D eigenvalue weighted by Gasteiger charge is 2.18. The summed E-state index contributed by atoms with van der Waals surface area (Å²) in [5.41, 5.74) is 5.05. The van der Waals surface area contributed by atoms with Gasteiger partial charge in [-0.1, -0.05) is 35.9 Å². The molecule has 0 saturated heterocycles. The maximum atomic E-state index is 12.7. The number of carbonyl (C=O) groups is 2. The lowest BCUT2D eigenvalue weighted by Gasteiger charge is -2.12. The summed E-state index contributed by atoms with van der Waals surface area (Å²) in [4.78, 5) is 24.4. The summed E-state index contributed by atoms with van der Waals surface area (Å²) in [5.74, 6) is -0.911. The summed E-state index contributed by atoms with van der Waals surface area (Å²) in [6.07, 6.45) is 0. The van der Waals surface area contributed by atoms with E-state index in [9.17, 15) is 18.0 Å². The number of carbonyl (C=O) groups excluding carboxylic acids is 2. The van der Waals surface area contributed by atoms with E-state index in [0.29, 0.717) is 10.8 Å². The summed E-state index contributed by atoms with van der Waals surface area (Å²) in [5, 5.41) is 0.374. The average molecular weight is 460 g/mol. The molecule has 0 radical (unpaired) electrons. The standard InChI is InChI=1S/C21H18ClN3O5S/c1-30-19-11-3-2-10-18(19)25-31(28,29)17-9-5-7-15(13-17)21(27)24-23-20(26)14-6-4-8-16(22)12-14/h2-13,25H,1H3,(H,23,26)(H,24,27). The van der Waals surface area contributed by atoms with Crippen LogP contribution in [0.25, 0.3) is 0 Å². The van der Waals surface area contributed by atoms with Crippen molar-refractivity contribution in [2.45, 2.75) is 4.90 Å². The third kappa shape index (κ3) is 5.53. The first-order valence-electron chi connectivity index (χ1n) is 8.92. The van der Waals surface area contributed by atoms with Gasteiger partial charge in [-0.25, -0.2) is 8.42 Å². The monoisotopic (exact) mass is 459 g/mol. The predicted octanol–water partition coefficient (Wildman–Crippen LogP) is 3.22. The fourth-order valence-corrected chi connectivity index (χ4v) is 3.93. The number of methoxy groups -OCH3 is 1. The molecule has 0 bridgehead atoms. The Labute approximate surface area is 184 Å². The quantitative estimate of drug-likeness (QED) is 0.490. The van der Waals surface area contributed by atoms with E-state index >= 15 is 0 Å². The van der Waals surface area contributed by atoms with Gasteiger partial charge in [0.2, 0.25) is 0 Å². The zero-order valence-electron chi connectivity index (χ0n) is 16.3. The first kappa shape index (κ1) is 22.1. The number of anilines is 1. The maximum absolute atomic E-state index is 12.7. The van der Waals surface area contributed by atoms with Crippen LogP contribution >= 0.6 is 11.6 Å². The van der Waals surface area contributed by atoms with Gasteiger partial charge in [-0.3, -0.25) is 25.2 Å². The molecule has 0 fully saturated rings. The molecule has 31 heavy (non-hydrogen) atoms. The Morgan fingerprint density at radius 2 is 1.45 bits per heavy atom. The number of ether oxygens (including phenoxy) is 1. The number of sulfonamides is 1. The Kier molecular flexibility index (Phi) is 6.78. The van der Waals surface area contributed by atoms with E-state index in [1.807, 2.05) is 0 Å². The zero-order valence-corrected chi connectivity index (χ0v) is 17.8. The minimum Gasteiger partial charge on any atom is -0.495 e. The average Bonchev–Trinajstić information content (AvgIpc) is 2.77. The topological polar surface area (TPSA) is 114 Å². The molecule has 8 nitrogen and oxygen atoms in total. The van der Waals surface area contributed by atoms with Crippen molar-refractivity contribution in [3.05, 3.63) is 88.9 Å². The molecule has 0 unspecified atom stereocenters. The summed E-state index contributed by atoms with van der Waals surface area (Å²) >= 11 is 5.85. The van der Waals surface area contributed by atoms with E-state index in [-0.39, 0.29) is 21.7 Å². The number of hydrogen-bond donors (Lipinski definition) is 3. The summed E-state index contributed by atoms with van der Waals surface area (Å²) in [6.45, 7) is 0. The van der Waals surface area contributed by atoms with E-state index in [1.54, 1.807) is 36.4 Å². The SMILES string of the molecule is COc1ccccc1NS(=O)(=O)c1cccc(C(=O)NNC(=O)c2cccc(Cl)c2)c1. The van der Waals surface area contributed by atoms with Crippen LogP contribution < -0.4 is 20.3 Å². The maximum Gasteiger partial charge on any atom is 0.269 e. The van der Waals surface area contributed by atoms with E-state index in [0.717, 1.165) is 0 Å². The van der Waals surface area contributed by atoms with Crippen molar-refractivity contribution >= 4 is 39.1 Å². The summed E-state index contributed by atoms with van der Waals surface area (Å²) in [6, 6.07) is 18.1. The fourth-order valence-electron chi connectivity index (χ4n) is 2.62. The van der Waals surface area contributed by atoms with Crippen LogP contribution in [0.15, 0.2) is 77.7 Å². The number of amides is 2. The van der Waals surface area contributed by atoms with Crippen LogP contribution in [0.2, 0.25) is 5.02 Å². The van der Waals surface area contributed by atoms with Gasteiger partial charge >= 0.3 is 0 Å². The molecule has 3 aromatic rings. The highest BCUT2D eigenvalue weighted by molar-refractivity contribution is 7.92. The van der Waals surface area contributed by atoms with Crippen molar-refractivity contribution < 1.29 is 22.7 Å². The first-order valence-corrected chi connectivity index (χ1v) is 10.8. The van der Waals surface area contributed by atoms with Crippen molar-refractivity contribution in [3.63, 3.8) is 0 Å². The van der Waals surface area contributed by atoms with Gasteiger partial charge < -0.3 is 4.74 Å². The van der Waals surface area contributed by atoms with Gasteiger partial charge in [0.1, 0.15) is 5.75 Å². The predicted molar refractivity (Wildman–Crippen MR) is 117 cm³/mol. The lowest BCUT2D eigenvalue weighted by molar-refractivity contribution is 0.0846. The van der Waals surface area contributed by atoms with Gasteiger partial charge in [0.15, 0.2) is 0 Å². The molecule has 3 N–H and O–H groups in total. The minimum atomic E-state index is -3.99. The van der Waals surface area contributed by atoms with Gasteiger partial charge in [-0.05, 0) is 48.5 Å². The van der Waals surface area contributed by atoms with Crippen LogP contribution in [0.4, 0.5) is 5.69 Å². The number of rotatable bonds is 6. The van der Waals surface area contributed by atoms with Crippen molar-refractivity contribution in [2.24, 2.45) is 0 Å². The van der Waals surface area contributed by atoms with Gasteiger partial charge in [-0.15, -0.1) is 0 Å². The molecular formula is C21H18ClN3O5S. The van der Waals surface area contributed by atoms with Crippen molar-refractivity contribution in [1.82, 2.24) is 10.9 Å². The first-order chi connectivity index (χ1) is 14.8. The molecule has 0 heterocycles. The van der Waals surface area contributed by atoms with Crippen LogP contribution in [0.5, 0.6) is 5.75 Å². The minimum absolute atomic E-state index is 0.0364. The van der Waals surface area contributed by atoms with E-state index < -0.39 is 21.8 Å². The van der Waals surface area contributed by atoms with Crippen LogP contribution in [0, 0.1) is 0 Å². The van der Waals surface area contributed by atoms with E-state index in [1.165, 1.54) is 43.5 Å². The zero-order chi connectivity index (χ0) is 22.4. The molecule has 10 heteroatoms. The lowest BCUT2D eigenvalue weighted by atomic mass is 10.2. The smallest absolute Gasteiger partial charge is 0.269 e. The molecule has 0 atom stereocenters. The molecule has 0 aliphatic carbocycles. The van der Waals surface area contributed by atoms with Gasteiger partial charge in [-0.2, -0.15) is 0 Å². The number of nitrogens with one attached hydrogen (secondary N) is 3. The normalized spacial score (nSPS) is 10.8. The molecule has 0 spiro atoms. The Morgan fingerprint density at radius 3 is 2.10 bits per heavy atom. The number of hydrogen-bond acceptors (Lipinski definition) is 5. The Morgan fingerprint density at radius 1 is 0.839 bits per heavy atom. The number of para-hydroxylation sites is 2. The van der Waals surface area contributed by atoms with E-state index in [2.05, 4.69) is 15.6 Å². The highest BCUT2D eigenvalue weighted by atomic mass is 35.5. The van der Waals surface area contributed by atoms with Crippen LogP contribution in [0.1, 0.15) is 20.7 Å². The molecule has 3 aromatic carbocycles. The Hall–Kier alpha value is -3.56. The number of benzene rings is 3. The highest BCUT2D eigenvalue weighted by Crippen LogP contribution is 2.26. The molecule has 160 valence electrons. The Bertz CT molecular complexity index is 1230. The summed E-state index contributed by atoms with van der Waals surface area (Å²) < 4.78 is 33.1. The van der Waals surface area contributed by atoms with Crippen LogP contribution in [-0.2, 0) is 10.0 Å². The van der Waals surface area contributed by atoms with Crippen molar-refractivity contribution in [3.8, 4) is 5.75 Å². The van der Waals surface area contributed by atoms with Gasteiger partial charge in [0.05, 0.1) is 17.7 Å². The second-order valence-electron chi connectivity index (χ2n) is 6.25. The second-order valence-corrected chi connectivity index (χ2v) is 8.37. The molecule has 0 saturated carbocycles. The van der Waals surface area contributed by atoms with E-state index in [4.69, 9.17) is 16.3 Å².